The van der Waals surface area contributed by atoms with Crippen molar-refractivity contribution in [2.45, 2.75) is 32.0 Å². The topological polar surface area (TPSA) is 38.1 Å². The number of nitrogens with zero attached hydrogens (tertiary/aromatic N) is 3. The zero-order chi connectivity index (χ0) is 17.3. The smallest absolute Gasteiger partial charge is 0.238 e. The summed E-state index contributed by atoms with van der Waals surface area (Å²) in [5.41, 5.74) is 0.604. The number of carbonyl (C=O) groups excluding carboxylic acids is 1. The Hall–Kier alpha value is -2.02. The number of amides is 1. The van der Waals surface area contributed by atoms with Crippen molar-refractivity contribution in [1.29, 1.82) is 0 Å². The van der Waals surface area contributed by atoms with Crippen molar-refractivity contribution in [2.24, 2.45) is 0 Å². The Morgan fingerprint density at radius 2 is 2.04 bits per heavy atom. The molecule has 128 valence electrons. The lowest BCUT2D eigenvalue weighted by molar-refractivity contribution is -0.132. The number of fused-ring (bicyclic) bond motifs is 1. The van der Waals surface area contributed by atoms with Crippen molar-refractivity contribution in [2.75, 3.05) is 5.88 Å². The van der Waals surface area contributed by atoms with E-state index >= 15 is 0 Å². The van der Waals surface area contributed by atoms with Crippen molar-refractivity contribution in [3.05, 3.63) is 53.4 Å². The molecule has 0 N–H and O–H groups in total. The van der Waals surface area contributed by atoms with Crippen LogP contribution in [0.4, 0.5) is 13.2 Å². The van der Waals surface area contributed by atoms with Crippen LogP contribution in [0, 0.1) is 17.5 Å². The Morgan fingerprint density at radius 1 is 1.33 bits per heavy atom. The fraction of sp³-hybridized carbons (Fsp3) is 0.375. The zero-order valence-corrected chi connectivity index (χ0v) is 13.4. The van der Waals surface area contributed by atoms with Crippen molar-refractivity contribution in [1.82, 2.24) is 14.5 Å². The summed E-state index contributed by atoms with van der Waals surface area (Å²) in [6.07, 6.45) is 4.55. The van der Waals surface area contributed by atoms with E-state index in [1.807, 2.05) is 4.57 Å². The van der Waals surface area contributed by atoms with Gasteiger partial charge in [-0.2, -0.15) is 0 Å². The van der Waals surface area contributed by atoms with E-state index in [4.69, 9.17) is 11.6 Å². The first-order chi connectivity index (χ1) is 11.5. The second kappa shape index (κ2) is 6.84. The molecule has 1 aromatic carbocycles. The van der Waals surface area contributed by atoms with E-state index in [0.717, 1.165) is 5.69 Å². The van der Waals surface area contributed by atoms with Gasteiger partial charge in [-0.1, -0.05) is 0 Å². The molecule has 24 heavy (non-hydrogen) atoms. The molecule has 0 radical (unpaired) electrons. The number of alkyl halides is 1. The first-order valence-corrected chi connectivity index (χ1v) is 8.01. The summed E-state index contributed by atoms with van der Waals surface area (Å²) < 4.78 is 42.9. The Labute approximate surface area is 141 Å². The molecule has 4 nitrogen and oxygen atoms in total. The van der Waals surface area contributed by atoms with E-state index in [9.17, 15) is 18.0 Å². The fourth-order valence-corrected chi connectivity index (χ4v) is 3.16. The van der Waals surface area contributed by atoms with E-state index in [1.165, 1.54) is 4.90 Å². The number of imidazole rings is 1. The van der Waals surface area contributed by atoms with Crippen LogP contribution in [0.25, 0.3) is 0 Å². The van der Waals surface area contributed by atoms with Crippen LogP contribution in [0.1, 0.15) is 17.7 Å². The summed E-state index contributed by atoms with van der Waals surface area (Å²) in [6, 6.07) is 0.972. The van der Waals surface area contributed by atoms with Crippen molar-refractivity contribution < 1.29 is 18.0 Å². The lowest BCUT2D eigenvalue weighted by Gasteiger charge is -2.34. The second-order valence-electron chi connectivity index (χ2n) is 5.73. The average Bonchev–Trinajstić information content (AvgIpc) is 3.01. The van der Waals surface area contributed by atoms with E-state index in [-0.39, 0.29) is 24.0 Å². The largest absolute Gasteiger partial charge is 0.334 e. The van der Waals surface area contributed by atoms with Gasteiger partial charge < -0.3 is 9.47 Å². The molecule has 0 spiro atoms. The van der Waals surface area contributed by atoms with Gasteiger partial charge in [0.15, 0.2) is 0 Å². The maximum atomic E-state index is 13.9. The van der Waals surface area contributed by atoms with Gasteiger partial charge in [0, 0.05) is 48.6 Å². The molecular weight excluding hydrogens is 343 g/mol. The van der Waals surface area contributed by atoms with Gasteiger partial charge in [-0.15, -0.1) is 11.6 Å². The summed E-state index contributed by atoms with van der Waals surface area (Å²) in [4.78, 5) is 17.6. The molecule has 1 amide bonds. The monoisotopic (exact) mass is 357 g/mol. The molecule has 2 heterocycles. The normalized spacial score (nSPS) is 16.8. The maximum Gasteiger partial charge on any atom is 0.238 e. The van der Waals surface area contributed by atoms with Gasteiger partial charge in [0.2, 0.25) is 5.91 Å². The number of aryl methyl sites for hydroxylation is 1. The number of rotatable bonds is 4. The lowest BCUT2D eigenvalue weighted by atomic mass is 10.0. The molecule has 0 aliphatic carbocycles. The third kappa shape index (κ3) is 3.26. The van der Waals surface area contributed by atoms with Crippen LogP contribution < -0.4 is 0 Å². The number of halogens is 4. The predicted octanol–water partition coefficient (Wildman–Crippen LogP) is 2.88. The molecule has 1 aromatic heterocycles. The highest BCUT2D eigenvalue weighted by Gasteiger charge is 2.29. The van der Waals surface area contributed by atoms with Gasteiger partial charge in [-0.25, -0.2) is 18.2 Å². The molecule has 3 rings (SSSR count). The Morgan fingerprint density at radius 3 is 2.71 bits per heavy atom. The van der Waals surface area contributed by atoms with Gasteiger partial charge in [0.1, 0.15) is 23.3 Å². The molecule has 1 aliphatic heterocycles. The first-order valence-electron chi connectivity index (χ1n) is 7.47. The lowest BCUT2D eigenvalue weighted by Crippen LogP contribution is -2.44. The third-order valence-corrected chi connectivity index (χ3v) is 4.48. The van der Waals surface area contributed by atoms with Gasteiger partial charge in [0.25, 0.3) is 0 Å². The van der Waals surface area contributed by atoms with Crippen molar-refractivity contribution in [3.63, 3.8) is 0 Å². The number of hydrogen-bond donors (Lipinski definition) is 0. The molecule has 2 aromatic rings. The van der Waals surface area contributed by atoms with Crippen LogP contribution in [0.3, 0.4) is 0 Å². The van der Waals surface area contributed by atoms with Gasteiger partial charge >= 0.3 is 0 Å². The average molecular weight is 358 g/mol. The molecule has 1 atom stereocenters. The number of aromatic nitrogens is 2. The molecule has 0 fully saturated rings. The fourth-order valence-electron chi connectivity index (χ4n) is 3.01. The van der Waals surface area contributed by atoms with Crippen LogP contribution in [-0.4, -0.2) is 32.3 Å². The second-order valence-corrected chi connectivity index (χ2v) is 6.00. The van der Waals surface area contributed by atoms with Crippen LogP contribution in [0.5, 0.6) is 0 Å². The minimum Gasteiger partial charge on any atom is -0.334 e. The molecule has 1 unspecified atom stereocenters. The van der Waals surface area contributed by atoms with E-state index in [2.05, 4.69) is 4.98 Å². The van der Waals surface area contributed by atoms with Crippen LogP contribution in [-0.2, 0) is 24.3 Å². The highest BCUT2D eigenvalue weighted by atomic mass is 35.5. The molecule has 8 heteroatoms. The highest BCUT2D eigenvalue weighted by molar-refractivity contribution is 6.27. The quantitative estimate of drug-likeness (QED) is 0.789. The van der Waals surface area contributed by atoms with Crippen LogP contribution >= 0.6 is 11.6 Å². The zero-order valence-electron chi connectivity index (χ0n) is 12.7. The summed E-state index contributed by atoms with van der Waals surface area (Å²) in [6.45, 7) is 0.364. The summed E-state index contributed by atoms with van der Waals surface area (Å²) in [5, 5.41) is 0. The van der Waals surface area contributed by atoms with Gasteiger partial charge in [-0.3, -0.25) is 4.79 Å². The first kappa shape index (κ1) is 16.8. The van der Waals surface area contributed by atoms with Gasteiger partial charge in [0.05, 0.1) is 12.9 Å². The standard InChI is InChI=1S/C16H15ClF3N3O/c17-6-16(24)23(8-13-14(19)3-10(18)4-15(13)20)11-1-2-22-9-21-7-12(22)5-11/h3-4,7,9,11H,1-2,5-6,8H2. The Kier molecular flexibility index (Phi) is 4.80. The predicted molar refractivity (Wildman–Crippen MR) is 81.9 cm³/mol. The minimum absolute atomic E-state index is 0.246. The SMILES string of the molecule is O=C(CCl)N(Cc1c(F)cc(F)cc1F)C1CCn2cncc2C1. The summed E-state index contributed by atoms with van der Waals surface area (Å²) in [5.74, 6) is -3.73. The molecule has 0 bridgehead atoms. The summed E-state index contributed by atoms with van der Waals surface area (Å²) in [7, 11) is 0. The number of hydrogen-bond acceptors (Lipinski definition) is 2. The number of benzene rings is 1. The summed E-state index contributed by atoms with van der Waals surface area (Å²) >= 11 is 5.66. The Balaban J connectivity index is 1.87. The van der Waals surface area contributed by atoms with E-state index in [0.29, 0.717) is 31.5 Å². The van der Waals surface area contributed by atoms with Crippen molar-refractivity contribution >= 4 is 17.5 Å². The van der Waals surface area contributed by atoms with Crippen LogP contribution in [0.15, 0.2) is 24.7 Å². The van der Waals surface area contributed by atoms with Crippen LogP contribution in [0.2, 0.25) is 0 Å². The highest BCUT2D eigenvalue weighted by Crippen LogP contribution is 2.24. The third-order valence-electron chi connectivity index (χ3n) is 4.26. The molecule has 0 saturated heterocycles. The van der Waals surface area contributed by atoms with E-state index < -0.39 is 23.4 Å². The van der Waals surface area contributed by atoms with E-state index in [1.54, 1.807) is 12.5 Å². The minimum atomic E-state index is -1.01. The number of carbonyl (C=O) groups is 1. The maximum absolute atomic E-state index is 13.9. The van der Waals surface area contributed by atoms with Gasteiger partial charge in [-0.05, 0) is 6.42 Å². The molecule has 0 saturated carbocycles. The molecular formula is C16H15ClF3N3O. The molecule has 1 aliphatic rings. The van der Waals surface area contributed by atoms with Crippen molar-refractivity contribution in [3.8, 4) is 0 Å². The Bertz CT molecular complexity index is 742.